The van der Waals surface area contributed by atoms with E-state index in [9.17, 15) is 9.59 Å². The first-order chi connectivity index (χ1) is 12.7. The van der Waals surface area contributed by atoms with Crippen LogP contribution in [-0.2, 0) is 9.59 Å². The van der Waals surface area contributed by atoms with E-state index in [1.54, 1.807) is 23.5 Å². The summed E-state index contributed by atoms with van der Waals surface area (Å²) in [6.07, 6.45) is 0. The van der Waals surface area contributed by atoms with Crippen LogP contribution in [0.3, 0.4) is 0 Å². The highest BCUT2D eigenvalue weighted by Crippen LogP contribution is 2.40. The van der Waals surface area contributed by atoms with E-state index in [0.717, 1.165) is 11.1 Å². The average Bonchev–Trinajstić information content (AvgIpc) is 3.24. The van der Waals surface area contributed by atoms with E-state index < -0.39 is 0 Å². The summed E-state index contributed by atoms with van der Waals surface area (Å²) in [5, 5.41) is 0.0912. The SMILES string of the molecule is O=C1CS[C@H](c2ccccc2)N1CCN1C(=O)CS[C@H]1c1ccccc1. The van der Waals surface area contributed by atoms with Gasteiger partial charge in [-0.1, -0.05) is 60.7 Å². The van der Waals surface area contributed by atoms with E-state index >= 15 is 0 Å². The van der Waals surface area contributed by atoms with Crippen molar-refractivity contribution in [1.29, 1.82) is 0 Å². The highest BCUT2D eigenvalue weighted by Gasteiger charge is 2.36. The average molecular weight is 385 g/mol. The summed E-state index contributed by atoms with van der Waals surface area (Å²) in [7, 11) is 0. The van der Waals surface area contributed by atoms with Crippen LogP contribution >= 0.6 is 23.5 Å². The topological polar surface area (TPSA) is 40.6 Å². The molecule has 4 rings (SSSR count). The second kappa shape index (κ2) is 7.76. The number of carbonyl (C=O) groups is 2. The quantitative estimate of drug-likeness (QED) is 0.791. The largest absolute Gasteiger partial charge is 0.324 e. The zero-order chi connectivity index (χ0) is 17.9. The maximum Gasteiger partial charge on any atom is 0.233 e. The lowest BCUT2D eigenvalue weighted by molar-refractivity contribution is -0.132. The van der Waals surface area contributed by atoms with Crippen molar-refractivity contribution < 1.29 is 9.59 Å². The summed E-state index contributed by atoms with van der Waals surface area (Å²) in [6.45, 7) is 1.14. The molecule has 0 N–H and O–H groups in total. The zero-order valence-electron chi connectivity index (χ0n) is 14.3. The maximum atomic E-state index is 12.4. The lowest BCUT2D eigenvalue weighted by Crippen LogP contribution is -2.39. The van der Waals surface area contributed by atoms with Crippen molar-refractivity contribution in [3.63, 3.8) is 0 Å². The smallest absolute Gasteiger partial charge is 0.233 e. The van der Waals surface area contributed by atoms with E-state index in [0.29, 0.717) is 24.6 Å². The predicted molar refractivity (Wildman–Crippen MR) is 107 cm³/mol. The first-order valence-electron chi connectivity index (χ1n) is 8.66. The van der Waals surface area contributed by atoms with Crippen molar-refractivity contribution >= 4 is 35.3 Å². The van der Waals surface area contributed by atoms with E-state index in [1.807, 2.05) is 46.2 Å². The van der Waals surface area contributed by atoms with Gasteiger partial charge in [0.25, 0.3) is 0 Å². The van der Waals surface area contributed by atoms with Gasteiger partial charge in [-0.15, -0.1) is 23.5 Å². The molecule has 0 spiro atoms. The predicted octanol–water partition coefficient (Wildman–Crippen LogP) is 3.53. The molecule has 0 unspecified atom stereocenters. The molecule has 0 saturated carbocycles. The summed E-state index contributed by atoms with van der Waals surface area (Å²) < 4.78 is 0. The molecular weight excluding hydrogens is 364 g/mol. The van der Waals surface area contributed by atoms with Crippen molar-refractivity contribution in [2.45, 2.75) is 10.7 Å². The fraction of sp³-hybridized carbons (Fsp3) is 0.300. The van der Waals surface area contributed by atoms with Gasteiger partial charge in [-0.3, -0.25) is 9.59 Å². The van der Waals surface area contributed by atoms with Crippen LogP contribution in [-0.4, -0.2) is 46.2 Å². The summed E-state index contributed by atoms with van der Waals surface area (Å²) in [6, 6.07) is 20.2. The number of hydrogen-bond acceptors (Lipinski definition) is 4. The Hall–Kier alpha value is -1.92. The van der Waals surface area contributed by atoms with Crippen LogP contribution in [0, 0.1) is 0 Å². The highest BCUT2D eigenvalue weighted by atomic mass is 32.2. The van der Waals surface area contributed by atoms with Gasteiger partial charge in [0, 0.05) is 13.1 Å². The molecule has 2 aromatic carbocycles. The van der Waals surface area contributed by atoms with E-state index in [1.165, 1.54) is 0 Å². The van der Waals surface area contributed by atoms with Crippen molar-refractivity contribution in [3.8, 4) is 0 Å². The minimum Gasteiger partial charge on any atom is -0.324 e. The molecule has 2 heterocycles. The van der Waals surface area contributed by atoms with E-state index in [-0.39, 0.29) is 22.6 Å². The van der Waals surface area contributed by atoms with Gasteiger partial charge in [0.1, 0.15) is 10.7 Å². The Labute approximate surface area is 161 Å². The number of nitrogens with zero attached hydrogens (tertiary/aromatic N) is 2. The molecule has 2 aromatic rings. The number of benzene rings is 2. The third kappa shape index (κ3) is 3.48. The molecule has 0 bridgehead atoms. The second-order valence-electron chi connectivity index (χ2n) is 6.32. The molecule has 2 fully saturated rings. The van der Waals surface area contributed by atoms with Crippen molar-refractivity contribution in [2.24, 2.45) is 0 Å². The third-order valence-electron chi connectivity index (χ3n) is 4.69. The maximum absolute atomic E-state index is 12.4. The van der Waals surface area contributed by atoms with Crippen LogP contribution in [0.1, 0.15) is 21.9 Å². The lowest BCUT2D eigenvalue weighted by Gasteiger charge is -2.29. The highest BCUT2D eigenvalue weighted by molar-refractivity contribution is 8.00. The molecule has 0 aliphatic carbocycles. The van der Waals surface area contributed by atoms with Gasteiger partial charge >= 0.3 is 0 Å². The van der Waals surface area contributed by atoms with Gasteiger partial charge in [-0.25, -0.2) is 0 Å². The number of rotatable bonds is 5. The van der Waals surface area contributed by atoms with Gasteiger partial charge < -0.3 is 9.80 Å². The molecule has 2 saturated heterocycles. The Kier molecular flexibility index (Phi) is 5.22. The van der Waals surface area contributed by atoms with Crippen molar-refractivity contribution in [1.82, 2.24) is 9.80 Å². The van der Waals surface area contributed by atoms with Crippen molar-refractivity contribution in [3.05, 3.63) is 71.8 Å². The van der Waals surface area contributed by atoms with Crippen LogP contribution in [0.15, 0.2) is 60.7 Å². The summed E-state index contributed by atoms with van der Waals surface area (Å²) in [5.41, 5.74) is 2.29. The minimum absolute atomic E-state index is 0.0456. The van der Waals surface area contributed by atoms with E-state index in [4.69, 9.17) is 0 Å². The lowest BCUT2D eigenvalue weighted by atomic mass is 10.2. The standard InChI is InChI=1S/C20H20N2O2S2/c23-17-13-25-19(15-7-3-1-4-8-15)21(17)11-12-22-18(24)14-26-20(22)16-9-5-2-6-10-16/h1-10,19-20H,11-14H2/t19-,20+. The van der Waals surface area contributed by atoms with Crippen LogP contribution in [0.5, 0.6) is 0 Å². The number of hydrogen-bond donors (Lipinski definition) is 0. The molecule has 134 valence electrons. The Morgan fingerprint density at radius 3 is 1.46 bits per heavy atom. The first kappa shape index (κ1) is 17.5. The van der Waals surface area contributed by atoms with Crippen molar-refractivity contribution in [2.75, 3.05) is 24.6 Å². The molecule has 2 atom stereocenters. The number of amides is 2. The minimum atomic E-state index is 0.0456. The molecule has 2 aliphatic rings. The zero-order valence-corrected chi connectivity index (χ0v) is 15.9. The molecule has 2 aliphatic heterocycles. The van der Waals surface area contributed by atoms with E-state index in [2.05, 4.69) is 24.3 Å². The Bertz CT molecular complexity index is 717. The van der Waals surface area contributed by atoms with Gasteiger partial charge in [0.15, 0.2) is 0 Å². The monoisotopic (exact) mass is 384 g/mol. The van der Waals surface area contributed by atoms with Gasteiger partial charge in [-0.2, -0.15) is 0 Å². The molecule has 6 heteroatoms. The first-order valence-corrected chi connectivity index (χ1v) is 10.8. The van der Waals surface area contributed by atoms with Crippen LogP contribution in [0.2, 0.25) is 0 Å². The normalized spacial score (nSPS) is 23.1. The second-order valence-corrected chi connectivity index (χ2v) is 8.46. The van der Waals surface area contributed by atoms with Crippen LogP contribution in [0.4, 0.5) is 0 Å². The molecular formula is C20H20N2O2S2. The van der Waals surface area contributed by atoms with Crippen LogP contribution < -0.4 is 0 Å². The summed E-state index contributed by atoms with van der Waals surface area (Å²) >= 11 is 3.32. The van der Waals surface area contributed by atoms with Gasteiger partial charge in [0.2, 0.25) is 11.8 Å². The molecule has 4 nitrogen and oxygen atoms in total. The molecule has 26 heavy (non-hydrogen) atoms. The fourth-order valence-electron chi connectivity index (χ4n) is 3.39. The number of thioether (sulfide) groups is 2. The Morgan fingerprint density at radius 2 is 1.08 bits per heavy atom. The van der Waals surface area contributed by atoms with Gasteiger partial charge in [0.05, 0.1) is 11.5 Å². The Balaban J connectivity index is 1.48. The summed E-state index contributed by atoms with van der Waals surface area (Å²) in [5.74, 6) is 1.31. The molecule has 2 amide bonds. The van der Waals surface area contributed by atoms with Crippen LogP contribution in [0.25, 0.3) is 0 Å². The molecule has 0 radical (unpaired) electrons. The Morgan fingerprint density at radius 1 is 0.692 bits per heavy atom. The molecule has 0 aromatic heterocycles. The van der Waals surface area contributed by atoms with Gasteiger partial charge in [-0.05, 0) is 11.1 Å². The number of carbonyl (C=O) groups excluding carboxylic acids is 2. The fourth-order valence-corrected chi connectivity index (χ4v) is 5.83. The summed E-state index contributed by atoms with van der Waals surface area (Å²) in [4.78, 5) is 28.6. The third-order valence-corrected chi connectivity index (χ3v) is 7.20.